The van der Waals surface area contributed by atoms with Crippen LogP contribution in [-0.2, 0) is 10.0 Å². The normalized spacial score (nSPS) is 11.0. The number of anilines is 2. The first-order valence-corrected chi connectivity index (χ1v) is 12.0. The van der Waals surface area contributed by atoms with E-state index in [0.717, 1.165) is 0 Å². The summed E-state index contributed by atoms with van der Waals surface area (Å²) >= 11 is 6.20. The first-order valence-electron chi connectivity index (χ1n) is 10.2. The summed E-state index contributed by atoms with van der Waals surface area (Å²) in [6, 6.07) is 19.1. The van der Waals surface area contributed by atoms with E-state index in [2.05, 4.69) is 5.32 Å². The van der Waals surface area contributed by atoms with Gasteiger partial charge in [0, 0.05) is 31.8 Å². The molecular formula is C24H24ClN3O4S. The van der Waals surface area contributed by atoms with E-state index in [0.29, 0.717) is 11.3 Å². The number of hydrogen-bond acceptors (Lipinski definition) is 4. The number of carbonyl (C=O) groups excluding carboxylic acids is 2. The standard InChI is InChI=1S/C24H24ClN3O4S/c1-4-28(19-10-6-5-7-11-19)33(31,32)20-12-8-9-17(15-20)23(29)26-22-16-18(13-14-21(22)25)24(30)27(2)3/h5-16H,4H2,1-3H3,(H,26,29). The number of rotatable bonds is 7. The zero-order valence-corrected chi connectivity index (χ0v) is 20.0. The summed E-state index contributed by atoms with van der Waals surface area (Å²) in [5.74, 6) is -0.790. The topological polar surface area (TPSA) is 86.8 Å². The van der Waals surface area contributed by atoms with Crippen LogP contribution in [0.25, 0.3) is 0 Å². The van der Waals surface area contributed by atoms with Gasteiger partial charge in [-0.25, -0.2) is 8.42 Å². The van der Waals surface area contributed by atoms with Gasteiger partial charge in [-0.05, 0) is 55.5 Å². The van der Waals surface area contributed by atoms with E-state index in [1.165, 1.54) is 45.6 Å². The van der Waals surface area contributed by atoms with E-state index in [9.17, 15) is 18.0 Å². The molecule has 0 aliphatic rings. The van der Waals surface area contributed by atoms with Gasteiger partial charge >= 0.3 is 0 Å². The molecule has 172 valence electrons. The van der Waals surface area contributed by atoms with E-state index in [4.69, 9.17) is 11.6 Å². The van der Waals surface area contributed by atoms with Gasteiger partial charge in [-0.1, -0.05) is 35.9 Å². The molecule has 9 heteroatoms. The summed E-state index contributed by atoms with van der Waals surface area (Å²) in [5, 5.41) is 2.92. The number of nitrogens with one attached hydrogen (secondary N) is 1. The molecule has 0 saturated heterocycles. The molecule has 0 heterocycles. The highest BCUT2D eigenvalue weighted by molar-refractivity contribution is 7.92. The van der Waals surface area contributed by atoms with Crippen LogP contribution in [-0.4, -0.2) is 45.8 Å². The van der Waals surface area contributed by atoms with E-state index >= 15 is 0 Å². The van der Waals surface area contributed by atoms with Gasteiger partial charge in [-0.15, -0.1) is 0 Å². The van der Waals surface area contributed by atoms with Crippen molar-refractivity contribution in [2.45, 2.75) is 11.8 Å². The minimum absolute atomic E-state index is 0.0107. The van der Waals surface area contributed by atoms with Crippen LogP contribution in [0.2, 0.25) is 5.02 Å². The Bertz CT molecular complexity index is 1280. The van der Waals surface area contributed by atoms with Gasteiger partial charge in [0.15, 0.2) is 0 Å². The van der Waals surface area contributed by atoms with Crippen LogP contribution >= 0.6 is 11.6 Å². The third-order valence-corrected chi connectivity index (χ3v) is 7.11. The highest BCUT2D eigenvalue weighted by Gasteiger charge is 2.24. The summed E-state index contributed by atoms with van der Waals surface area (Å²) in [5.41, 5.74) is 1.28. The second kappa shape index (κ2) is 10.1. The quantitative estimate of drug-likeness (QED) is 0.533. The van der Waals surface area contributed by atoms with Crippen LogP contribution < -0.4 is 9.62 Å². The lowest BCUT2D eigenvalue weighted by Gasteiger charge is -2.23. The maximum absolute atomic E-state index is 13.3. The molecule has 0 saturated carbocycles. The van der Waals surface area contributed by atoms with E-state index in [-0.39, 0.29) is 33.6 Å². The second-order valence-electron chi connectivity index (χ2n) is 7.38. The van der Waals surface area contributed by atoms with Crippen molar-refractivity contribution in [1.29, 1.82) is 0 Å². The molecule has 0 unspecified atom stereocenters. The maximum Gasteiger partial charge on any atom is 0.264 e. The number of hydrogen-bond donors (Lipinski definition) is 1. The van der Waals surface area contributed by atoms with Crippen LogP contribution in [0.1, 0.15) is 27.6 Å². The molecule has 33 heavy (non-hydrogen) atoms. The molecule has 3 rings (SSSR count). The van der Waals surface area contributed by atoms with Crippen molar-refractivity contribution in [2.75, 3.05) is 30.3 Å². The Hall–Kier alpha value is -3.36. The minimum Gasteiger partial charge on any atom is -0.345 e. The molecule has 0 aliphatic carbocycles. The van der Waals surface area contributed by atoms with E-state index < -0.39 is 15.9 Å². The lowest BCUT2D eigenvalue weighted by atomic mass is 10.1. The fourth-order valence-corrected chi connectivity index (χ4v) is 4.90. The van der Waals surface area contributed by atoms with Crippen LogP contribution in [0, 0.1) is 0 Å². The molecule has 0 bridgehead atoms. The van der Waals surface area contributed by atoms with Crippen molar-refractivity contribution in [3.8, 4) is 0 Å². The molecule has 1 N–H and O–H groups in total. The Kier molecular flexibility index (Phi) is 7.40. The average Bonchev–Trinajstić information content (AvgIpc) is 2.81. The summed E-state index contributed by atoms with van der Waals surface area (Å²) in [6.07, 6.45) is 0. The van der Waals surface area contributed by atoms with Crippen LogP contribution in [0.15, 0.2) is 77.7 Å². The van der Waals surface area contributed by atoms with Crippen molar-refractivity contribution in [2.24, 2.45) is 0 Å². The molecule has 3 aromatic carbocycles. The van der Waals surface area contributed by atoms with Gasteiger partial charge in [0.25, 0.3) is 21.8 Å². The number of sulfonamides is 1. The van der Waals surface area contributed by atoms with Crippen molar-refractivity contribution in [1.82, 2.24) is 4.90 Å². The summed E-state index contributed by atoms with van der Waals surface area (Å²) < 4.78 is 27.8. The SMILES string of the molecule is CCN(c1ccccc1)S(=O)(=O)c1cccc(C(=O)Nc2cc(C(=O)N(C)C)ccc2Cl)c1. The van der Waals surface area contributed by atoms with Crippen LogP contribution in [0.4, 0.5) is 11.4 Å². The molecule has 0 radical (unpaired) electrons. The van der Waals surface area contributed by atoms with Gasteiger partial charge < -0.3 is 10.2 Å². The number of benzene rings is 3. The summed E-state index contributed by atoms with van der Waals surface area (Å²) in [4.78, 5) is 26.5. The maximum atomic E-state index is 13.3. The van der Waals surface area contributed by atoms with Crippen molar-refractivity contribution >= 4 is 44.8 Å². The minimum atomic E-state index is -3.89. The third kappa shape index (κ3) is 5.35. The fraction of sp³-hybridized carbons (Fsp3) is 0.167. The predicted molar refractivity (Wildman–Crippen MR) is 131 cm³/mol. The Balaban J connectivity index is 1.90. The molecular weight excluding hydrogens is 462 g/mol. The number of nitrogens with zero attached hydrogens (tertiary/aromatic N) is 2. The Morgan fingerprint density at radius 1 is 0.909 bits per heavy atom. The van der Waals surface area contributed by atoms with E-state index in [1.807, 2.05) is 0 Å². The van der Waals surface area contributed by atoms with Crippen LogP contribution in [0.3, 0.4) is 0 Å². The molecule has 3 aromatic rings. The smallest absolute Gasteiger partial charge is 0.264 e. The molecule has 0 fully saturated rings. The summed E-state index contributed by atoms with van der Waals surface area (Å²) in [7, 11) is -0.649. The lowest BCUT2D eigenvalue weighted by molar-refractivity contribution is 0.0827. The van der Waals surface area contributed by atoms with Gasteiger partial charge in [0.2, 0.25) is 0 Å². The molecule has 0 spiro atoms. The monoisotopic (exact) mass is 485 g/mol. The number of halogens is 1. The molecule has 0 aromatic heterocycles. The average molecular weight is 486 g/mol. The van der Waals surface area contributed by atoms with Crippen molar-refractivity contribution in [3.63, 3.8) is 0 Å². The number of amides is 2. The number of para-hydroxylation sites is 1. The first-order chi connectivity index (χ1) is 15.6. The largest absolute Gasteiger partial charge is 0.345 e. The molecule has 2 amide bonds. The van der Waals surface area contributed by atoms with Crippen molar-refractivity contribution < 1.29 is 18.0 Å². The van der Waals surface area contributed by atoms with Crippen molar-refractivity contribution in [3.05, 3.63) is 88.9 Å². The molecule has 7 nitrogen and oxygen atoms in total. The lowest BCUT2D eigenvalue weighted by Crippen LogP contribution is -2.31. The highest BCUT2D eigenvalue weighted by Crippen LogP contribution is 2.26. The van der Waals surface area contributed by atoms with Gasteiger partial charge in [-0.3, -0.25) is 13.9 Å². The zero-order chi connectivity index (χ0) is 24.2. The van der Waals surface area contributed by atoms with Crippen LogP contribution in [0.5, 0.6) is 0 Å². The summed E-state index contributed by atoms with van der Waals surface area (Å²) in [6.45, 7) is 1.97. The highest BCUT2D eigenvalue weighted by atomic mass is 35.5. The van der Waals surface area contributed by atoms with Gasteiger partial charge in [0.05, 0.1) is 21.3 Å². The Morgan fingerprint density at radius 3 is 2.24 bits per heavy atom. The predicted octanol–water partition coefficient (Wildman–Crippen LogP) is 4.51. The zero-order valence-electron chi connectivity index (χ0n) is 18.4. The Labute approximate surface area is 198 Å². The fourth-order valence-electron chi connectivity index (χ4n) is 3.22. The second-order valence-corrected chi connectivity index (χ2v) is 9.65. The molecule has 0 aliphatic heterocycles. The van der Waals surface area contributed by atoms with E-state index in [1.54, 1.807) is 57.4 Å². The Morgan fingerprint density at radius 2 is 1.61 bits per heavy atom. The first kappa shape index (κ1) is 24.3. The third-order valence-electron chi connectivity index (χ3n) is 4.88. The van der Waals surface area contributed by atoms with Gasteiger partial charge in [0.1, 0.15) is 0 Å². The van der Waals surface area contributed by atoms with Gasteiger partial charge in [-0.2, -0.15) is 0 Å². The molecule has 0 atom stereocenters. The number of carbonyl (C=O) groups is 2.